The standard InChI is InChI=1S/C19H31N7O/c27-15-17-4-1-2-10-24(17)11-3-12-25-13-9-21-19(25)18-14-26(23-22-18)16-5-7-20-8-6-16/h9,13-14,16-17,20,27H,1-8,10-12,15H2/t17-/m1/s1. The Bertz CT molecular complexity index is 706. The van der Waals surface area contributed by atoms with Gasteiger partial charge in [-0.2, -0.15) is 0 Å². The summed E-state index contributed by atoms with van der Waals surface area (Å²) in [6, 6.07) is 0.774. The molecule has 2 saturated heterocycles. The van der Waals surface area contributed by atoms with Gasteiger partial charge in [-0.25, -0.2) is 9.67 Å². The number of hydrogen-bond acceptors (Lipinski definition) is 6. The van der Waals surface area contributed by atoms with E-state index in [-0.39, 0.29) is 6.61 Å². The molecule has 0 saturated carbocycles. The van der Waals surface area contributed by atoms with E-state index in [0.717, 1.165) is 69.9 Å². The molecule has 27 heavy (non-hydrogen) atoms. The summed E-state index contributed by atoms with van der Waals surface area (Å²) in [6.07, 6.45) is 12.7. The third-order valence-electron chi connectivity index (χ3n) is 5.94. The maximum absolute atomic E-state index is 9.57. The SMILES string of the molecule is OC[C@H]1CCCCN1CCCn1ccnc1-c1cn(C2CCNCC2)nn1. The highest BCUT2D eigenvalue weighted by atomic mass is 16.3. The molecule has 2 aliphatic rings. The van der Waals surface area contributed by atoms with Crippen molar-refractivity contribution in [2.24, 2.45) is 0 Å². The lowest BCUT2D eigenvalue weighted by atomic mass is 10.0. The lowest BCUT2D eigenvalue weighted by molar-refractivity contribution is 0.0882. The van der Waals surface area contributed by atoms with Crippen LogP contribution in [0.2, 0.25) is 0 Å². The van der Waals surface area contributed by atoms with Gasteiger partial charge in [0.1, 0.15) is 5.69 Å². The van der Waals surface area contributed by atoms with Crippen molar-refractivity contribution in [2.75, 3.05) is 32.8 Å². The van der Waals surface area contributed by atoms with Crippen molar-refractivity contribution in [1.82, 2.24) is 34.8 Å². The van der Waals surface area contributed by atoms with Gasteiger partial charge in [0.2, 0.25) is 0 Å². The molecule has 0 aromatic carbocycles. The Kier molecular flexibility index (Phi) is 6.16. The number of likely N-dealkylation sites (tertiary alicyclic amines) is 1. The number of hydrogen-bond donors (Lipinski definition) is 2. The van der Waals surface area contributed by atoms with E-state index in [9.17, 15) is 5.11 Å². The Morgan fingerprint density at radius 2 is 2.04 bits per heavy atom. The molecule has 0 radical (unpaired) electrons. The normalized spacial score (nSPS) is 22.3. The van der Waals surface area contributed by atoms with Gasteiger partial charge in [0.25, 0.3) is 0 Å². The van der Waals surface area contributed by atoms with Crippen molar-refractivity contribution < 1.29 is 5.11 Å². The number of imidazole rings is 1. The molecule has 0 aliphatic carbocycles. The van der Waals surface area contributed by atoms with E-state index in [4.69, 9.17) is 0 Å². The van der Waals surface area contributed by atoms with Crippen LogP contribution in [0.3, 0.4) is 0 Å². The second kappa shape index (κ2) is 8.95. The van der Waals surface area contributed by atoms with Gasteiger partial charge in [0.05, 0.1) is 18.8 Å². The minimum atomic E-state index is 0.274. The molecule has 2 aromatic heterocycles. The largest absolute Gasteiger partial charge is 0.395 e. The van der Waals surface area contributed by atoms with Crippen molar-refractivity contribution in [2.45, 2.75) is 57.2 Å². The fourth-order valence-electron chi connectivity index (χ4n) is 4.36. The van der Waals surface area contributed by atoms with Gasteiger partial charge in [-0.3, -0.25) is 4.90 Å². The van der Waals surface area contributed by atoms with E-state index in [2.05, 4.69) is 30.1 Å². The monoisotopic (exact) mass is 373 g/mol. The summed E-state index contributed by atoms with van der Waals surface area (Å²) in [7, 11) is 0. The molecule has 8 heteroatoms. The predicted molar refractivity (Wildman–Crippen MR) is 103 cm³/mol. The highest BCUT2D eigenvalue weighted by Crippen LogP contribution is 2.21. The number of rotatable bonds is 7. The third kappa shape index (κ3) is 4.39. The topological polar surface area (TPSA) is 84.0 Å². The summed E-state index contributed by atoms with van der Waals surface area (Å²) in [5.74, 6) is 0.896. The average molecular weight is 374 g/mol. The van der Waals surface area contributed by atoms with Crippen LogP contribution >= 0.6 is 0 Å². The molecule has 8 nitrogen and oxygen atoms in total. The lowest BCUT2D eigenvalue weighted by Crippen LogP contribution is -2.42. The van der Waals surface area contributed by atoms with E-state index in [1.54, 1.807) is 0 Å². The van der Waals surface area contributed by atoms with Crippen LogP contribution in [-0.4, -0.2) is 73.4 Å². The van der Waals surface area contributed by atoms with E-state index >= 15 is 0 Å². The minimum absolute atomic E-state index is 0.274. The first kappa shape index (κ1) is 18.6. The number of aliphatic hydroxyl groups is 1. The van der Waals surface area contributed by atoms with Crippen molar-refractivity contribution in [3.63, 3.8) is 0 Å². The minimum Gasteiger partial charge on any atom is -0.395 e. The molecule has 148 valence electrons. The van der Waals surface area contributed by atoms with E-state index in [0.29, 0.717) is 12.1 Å². The molecule has 2 N–H and O–H groups in total. The van der Waals surface area contributed by atoms with Crippen molar-refractivity contribution in [1.29, 1.82) is 0 Å². The quantitative estimate of drug-likeness (QED) is 0.761. The first-order chi connectivity index (χ1) is 13.3. The van der Waals surface area contributed by atoms with Crippen LogP contribution in [0.1, 0.15) is 44.6 Å². The van der Waals surface area contributed by atoms with Crippen molar-refractivity contribution >= 4 is 0 Å². The molecular formula is C19H31N7O. The second-order valence-corrected chi connectivity index (χ2v) is 7.73. The van der Waals surface area contributed by atoms with Gasteiger partial charge in [-0.15, -0.1) is 5.10 Å². The Hall–Kier alpha value is -1.77. The lowest BCUT2D eigenvalue weighted by Gasteiger charge is -2.34. The predicted octanol–water partition coefficient (Wildman–Crippen LogP) is 1.30. The Labute approximate surface area is 160 Å². The molecule has 0 bridgehead atoms. The van der Waals surface area contributed by atoms with Crippen molar-refractivity contribution in [3.05, 3.63) is 18.6 Å². The van der Waals surface area contributed by atoms with Crippen LogP contribution in [0.5, 0.6) is 0 Å². The highest BCUT2D eigenvalue weighted by Gasteiger charge is 2.21. The summed E-state index contributed by atoms with van der Waals surface area (Å²) >= 11 is 0. The maximum atomic E-state index is 9.57. The van der Waals surface area contributed by atoms with Gasteiger partial charge in [-0.1, -0.05) is 11.6 Å². The molecule has 2 aliphatic heterocycles. The molecule has 4 heterocycles. The van der Waals surface area contributed by atoms with Gasteiger partial charge in [-0.05, 0) is 51.7 Å². The van der Waals surface area contributed by atoms with E-state index in [1.807, 2.05) is 23.3 Å². The average Bonchev–Trinajstić information content (AvgIpc) is 3.38. The highest BCUT2D eigenvalue weighted by molar-refractivity contribution is 5.47. The number of piperidine rings is 2. The number of aliphatic hydroxyl groups excluding tert-OH is 1. The number of nitrogens with one attached hydrogen (secondary N) is 1. The molecule has 0 unspecified atom stereocenters. The van der Waals surface area contributed by atoms with E-state index < -0.39 is 0 Å². The second-order valence-electron chi connectivity index (χ2n) is 7.73. The third-order valence-corrected chi connectivity index (χ3v) is 5.94. The van der Waals surface area contributed by atoms with Gasteiger partial charge >= 0.3 is 0 Å². The first-order valence-corrected chi connectivity index (χ1v) is 10.3. The Morgan fingerprint density at radius 1 is 1.15 bits per heavy atom. The summed E-state index contributed by atoms with van der Waals surface area (Å²) < 4.78 is 4.18. The van der Waals surface area contributed by atoms with Crippen molar-refractivity contribution in [3.8, 4) is 11.5 Å². The molecular weight excluding hydrogens is 342 g/mol. The summed E-state index contributed by atoms with van der Waals surface area (Å²) in [6.45, 7) is 5.39. The number of aryl methyl sites for hydroxylation is 1. The fourth-order valence-corrected chi connectivity index (χ4v) is 4.36. The molecule has 0 amide bonds. The molecule has 0 spiro atoms. The van der Waals surface area contributed by atoms with Crippen LogP contribution < -0.4 is 5.32 Å². The zero-order valence-electron chi connectivity index (χ0n) is 16.0. The summed E-state index contributed by atoms with van der Waals surface area (Å²) in [4.78, 5) is 6.96. The molecule has 2 fully saturated rings. The van der Waals surface area contributed by atoms with Gasteiger partial charge in [0.15, 0.2) is 5.82 Å². The Morgan fingerprint density at radius 3 is 2.89 bits per heavy atom. The van der Waals surface area contributed by atoms with Crippen LogP contribution in [0.15, 0.2) is 18.6 Å². The summed E-state index contributed by atoms with van der Waals surface area (Å²) in [5.41, 5.74) is 0.852. The number of nitrogens with zero attached hydrogens (tertiary/aromatic N) is 6. The first-order valence-electron chi connectivity index (χ1n) is 10.3. The Balaban J connectivity index is 1.36. The van der Waals surface area contributed by atoms with E-state index in [1.165, 1.54) is 12.8 Å². The van der Waals surface area contributed by atoms with Crippen LogP contribution in [0.25, 0.3) is 11.5 Å². The zero-order chi connectivity index (χ0) is 18.5. The van der Waals surface area contributed by atoms with Crippen LogP contribution in [-0.2, 0) is 6.54 Å². The molecule has 2 aromatic rings. The zero-order valence-corrected chi connectivity index (χ0v) is 16.0. The fraction of sp³-hybridized carbons (Fsp3) is 0.737. The molecule has 4 rings (SSSR count). The van der Waals surface area contributed by atoms with Crippen LogP contribution in [0, 0.1) is 0 Å². The smallest absolute Gasteiger partial charge is 0.162 e. The van der Waals surface area contributed by atoms with Gasteiger partial charge < -0.3 is 15.0 Å². The summed E-state index contributed by atoms with van der Waals surface area (Å²) in [5, 5.41) is 21.7. The van der Waals surface area contributed by atoms with Gasteiger partial charge in [0, 0.05) is 31.5 Å². The maximum Gasteiger partial charge on any atom is 0.162 e. The number of aromatic nitrogens is 5. The van der Waals surface area contributed by atoms with Crippen LogP contribution in [0.4, 0.5) is 0 Å². The molecule has 1 atom stereocenters.